The summed E-state index contributed by atoms with van der Waals surface area (Å²) in [5.74, 6) is -0.323. The maximum Gasteiger partial charge on any atom is 0.355 e. The Morgan fingerprint density at radius 2 is 1.91 bits per heavy atom. The number of carbonyl (C=O) groups is 1. The molecule has 3 rings (SSSR count). The number of rotatable bonds is 3. The number of esters is 1. The molecule has 0 amide bonds. The van der Waals surface area contributed by atoms with Crippen LogP contribution in [0, 0.1) is 6.92 Å². The second-order valence-electron chi connectivity index (χ2n) is 5.03. The summed E-state index contributed by atoms with van der Waals surface area (Å²) < 4.78 is 7.17. The zero-order valence-corrected chi connectivity index (χ0v) is 13.2. The Balaban J connectivity index is 2.36. The van der Waals surface area contributed by atoms with Gasteiger partial charge >= 0.3 is 5.97 Å². The number of halogens is 1. The number of nitrogens with zero attached hydrogens (tertiary/aromatic N) is 1. The fourth-order valence-corrected chi connectivity index (χ4v) is 2.88. The molecule has 112 valence electrons. The molecule has 1 heterocycles. The highest BCUT2D eigenvalue weighted by molar-refractivity contribution is 6.31. The number of hydrogen-bond donors (Lipinski definition) is 0. The van der Waals surface area contributed by atoms with Crippen molar-refractivity contribution in [1.82, 2.24) is 4.57 Å². The highest BCUT2D eigenvalue weighted by Crippen LogP contribution is 2.31. The monoisotopic (exact) mass is 313 g/mol. The number of carbonyl (C=O) groups excluding carboxylic acids is 1. The van der Waals surface area contributed by atoms with Gasteiger partial charge in [-0.3, -0.25) is 0 Å². The molecule has 0 aliphatic carbocycles. The highest BCUT2D eigenvalue weighted by atomic mass is 35.5. The molecule has 0 radical (unpaired) electrons. The van der Waals surface area contributed by atoms with Crippen LogP contribution in [0.15, 0.2) is 48.5 Å². The van der Waals surface area contributed by atoms with Crippen LogP contribution >= 0.6 is 11.6 Å². The molecule has 3 nitrogen and oxygen atoms in total. The van der Waals surface area contributed by atoms with E-state index in [1.165, 1.54) is 0 Å². The number of aryl methyl sites for hydroxylation is 1. The lowest BCUT2D eigenvalue weighted by atomic mass is 10.1. The Labute approximate surface area is 134 Å². The molecule has 0 atom stereocenters. The van der Waals surface area contributed by atoms with Gasteiger partial charge in [0.1, 0.15) is 5.69 Å². The van der Waals surface area contributed by atoms with Crippen molar-refractivity contribution in [2.45, 2.75) is 13.8 Å². The molecule has 3 aromatic rings. The number of benzene rings is 2. The molecule has 4 heteroatoms. The van der Waals surface area contributed by atoms with Crippen LogP contribution in [-0.4, -0.2) is 17.1 Å². The van der Waals surface area contributed by atoms with E-state index >= 15 is 0 Å². The summed E-state index contributed by atoms with van der Waals surface area (Å²) in [5.41, 5.74) is 3.28. The van der Waals surface area contributed by atoms with Crippen molar-refractivity contribution in [2.24, 2.45) is 0 Å². The third-order valence-electron chi connectivity index (χ3n) is 3.67. The molecule has 0 N–H and O–H groups in total. The van der Waals surface area contributed by atoms with Crippen molar-refractivity contribution in [3.8, 4) is 5.69 Å². The number of fused-ring (bicyclic) bond motifs is 1. The first-order valence-electron chi connectivity index (χ1n) is 7.16. The van der Waals surface area contributed by atoms with E-state index in [1.807, 2.05) is 60.0 Å². The minimum Gasteiger partial charge on any atom is -0.461 e. The predicted molar refractivity (Wildman–Crippen MR) is 89.0 cm³/mol. The molecule has 1 aromatic heterocycles. The molecular formula is C18H16ClNO2. The van der Waals surface area contributed by atoms with Crippen LogP contribution in [0.2, 0.25) is 5.02 Å². The lowest BCUT2D eigenvalue weighted by molar-refractivity contribution is 0.0516. The summed E-state index contributed by atoms with van der Waals surface area (Å²) in [6.07, 6.45) is 0. The number of para-hydroxylation sites is 1. The van der Waals surface area contributed by atoms with Gasteiger partial charge in [-0.05, 0) is 49.7 Å². The van der Waals surface area contributed by atoms with E-state index < -0.39 is 0 Å². The Bertz CT molecular complexity index is 837. The van der Waals surface area contributed by atoms with Gasteiger partial charge in [0.2, 0.25) is 0 Å². The molecule has 0 aliphatic heterocycles. The molecule has 0 unspecified atom stereocenters. The first kappa shape index (κ1) is 14.7. The van der Waals surface area contributed by atoms with Crippen molar-refractivity contribution in [3.05, 3.63) is 64.8 Å². The molecule has 0 saturated heterocycles. The minimum absolute atomic E-state index is 0.323. The van der Waals surface area contributed by atoms with Crippen LogP contribution in [0.1, 0.15) is 23.0 Å². The van der Waals surface area contributed by atoms with Crippen LogP contribution in [-0.2, 0) is 4.74 Å². The Hall–Kier alpha value is -2.26. The zero-order chi connectivity index (χ0) is 15.7. The molecule has 2 aromatic carbocycles. The maximum absolute atomic E-state index is 12.4. The molecular weight excluding hydrogens is 298 g/mol. The van der Waals surface area contributed by atoms with Crippen molar-refractivity contribution < 1.29 is 9.53 Å². The second-order valence-corrected chi connectivity index (χ2v) is 5.46. The number of ether oxygens (including phenoxy) is 1. The standard InChI is InChI=1S/C18H16ClNO2/c1-3-22-18(21)17-12(2)15-11-13(19)9-10-16(15)20(17)14-7-5-4-6-8-14/h4-11H,3H2,1-2H3. The van der Waals surface area contributed by atoms with Gasteiger partial charge in [0.05, 0.1) is 12.1 Å². The molecule has 22 heavy (non-hydrogen) atoms. The van der Waals surface area contributed by atoms with Crippen molar-refractivity contribution in [3.63, 3.8) is 0 Å². The van der Waals surface area contributed by atoms with E-state index in [9.17, 15) is 4.79 Å². The van der Waals surface area contributed by atoms with Crippen LogP contribution in [0.25, 0.3) is 16.6 Å². The Morgan fingerprint density at radius 3 is 2.59 bits per heavy atom. The lowest BCUT2D eigenvalue weighted by Crippen LogP contribution is -2.12. The highest BCUT2D eigenvalue weighted by Gasteiger charge is 2.22. The average Bonchev–Trinajstić information content (AvgIpc) is 2.81. The zero-order valence-electron chi connectivity index (χ0n) is 12.5. The molecule has 0 fully saturated rings. The molecule has 0 aliphatic rings. The second kappa shape index (κ2) is 5.85. The normalized spacial score (nSPS) is 10.9. The van der Waals surface area contributed by atoms with Crippen LogP contribution in [0.4, 0.5) is 0 Å². The number of hydrogen-bond acceptors (Lipinski definition) is 2. The van der Waals surface area contributed by atoms with Crippen molar-refractivity contribution in [2.75, 3.05) is 6.61 Å². The summed E-state index contributed by atoms with van der Waals surface area (Å²) in [5, 5.41) is 1.61. The van der Waals surface area contributed by atoms with Crippen LogP contribution < -0.4 is 0 Å². The van der Waals surface area contributed by atoms with E-state index in [4.69, 9.17) is 16.3 Å². The summed E-state index contributed by atoms with van der Waals surface area (Å²) in [4.78, 5) is 12.4. The topological polar surface area (TPSA) is 31.2 Å². The third-order valence-corrected chi connectivity index (χ3v) is 3.90. The quantitative estimate of drug-likeness (QED) is 0.652. The summed E-state index contributed by atoms with van der Waals surface area (Å²) in [7, 11) is 0. The van der Waals surface area contributed by atoms with E-state index in [1.54, 1.807) is 6.92 Å². The van der Waals surface area contributed by atoms with Gasteiger partial charge in [-0.1, -0.05) is 29.8 Å². The average molecular weight is 314 g/mol. The molecule has 0 bridgehead atoms. The largest absolute Gasteiger partial charge is 0.461 e. The number of aromatic nitrogens is 1. The molecule has 0 spiro atoms. The van der Waals surface area contributed by atoms with Gasteiger partial charge < -0.3 is 9.30 Å². The Morgan fingerprint density at radius 1 is 1.18 bits per heavy atom. The summed E-state index contributed by atoms with van der Waals surface area (Å²) in [6.45, 7) is 4.07. The van der Waals surface area contributed by atoms with Gasteiger partial charge in [0, 0.05) is 16.1 Å². The summed E-state index contributed by atoms with van der Waals surface area (Å²) >= 11 is 6.11. The minimum atomic E-state index is -0.323. The first-order chi connectivity index (χ1) is 10.6. The van der Waals surface area contributed by atoms with Crippen molar-refractivity contribution in [1.29, 1.82) is 0 Å². The van der Waals surface area contributed by atoms with Gasteiger partial charge in [-0.15, -0.1) is 0 Å². The predicted octanol–water partition coefficient (Wildman–Crippen LogP) is 4.77. The van der Waals surface area contributed by atoms with E-state index in [2.05, 4.69) is 0 Å². The van der Waals surface area contributed by atoms with E-state index in [0.717, 1.165) is 22.2 Å². The summed E-state index contributed by atoms with van der Waals surface area (Å²) in [6, 6.07) is 15.4. The fourth-order valence-electron chi connectivity index (χ4n) is 2.71. The van der Waals surface area contributed by atoms with E-state index in [-0.39, 0.29) is 5.97 Å². The van der Waals surface area contributed by atoms with E-state index in [0.29, 0.717) is 17.3 Å². The van der Waals surface area contributed by atoms with Crippen LogP contribution in [0.5, 0.6) is 0 Å². The van der Waals surface area contributed by atoms with Gasteiger partial charge in [0.25, 0.3) is 0 Å². The van der Waals surface area contributed by atoms with Gasteiger partial charge in [-0.2, -0.15) is 0 Å². The van der Waals surface area contributed by atoms with Crippen LogP contribution in [0.3, 0.4) is 0 Å². The van der Waals surface area contributed by atoms with Crippen molar-refractivity contribution >= 4 is 28.5 Å². The smallest absolute Gasteiger partial charge is 0.355 e. The van der Waals surface area contributed by atoms with Gasteiger partial charge in [-0.25, -0.2) is 4.79 Å². The first-order valence-corrected chi connectivity index (χ1v) is 7.54. The lowest BCUT2D eigenvalue weighted by Gasteiger charge is -2.10. The maximum atomic E-state index is 12.4. The SMILES string of the molecule is CCOC(=O)c1c(C)c2cc(Cl)ccc2n1-c1ccccc1. The fraction of sp³-hybridized carbons (Fsp3) is 0.167. The van der Waals surface area contributed by atoms with Gasteiger partial charge in [0.15, 0.2) is 0 Å². The third kappa shape index (κ3) is 2.38. The molecule has 0 saturated carbocycles. The Kier molecular flexibility index (Phi) is 3.90.